The fourth-order valence-electron chi connectivity index (χ4n) is 13.6. The maximum absolute atomic E-state index is 15.2. The van der Waals surface area contributed by atoms with Gasteiger partial charge in [0.1, 0.15) is 24.2 Å². The standard InChI is InChI=1S/C58H74N8O7/c1-7-64-46-22-21-40-31-42(46)43(50(64)41-17-11-25-59-47(41)35(2)72-6)32-57(3,4)34-73-55(70)44-18-12-26-66(61-44)53(68)45(30-36-13-10-16-39(40)29-36)60-52(67)49(37-14-8-9-15-37)65-28-24-58(56(65)71)23-27-63(33-58)54(69)51-48(62(51)5)38-19-20-38/h10-11,13,16-17,21-22,25,29,31,35,37-38,44-45,48-49,51,61H,7-9,12,14-15,18-20,23-24,26-28,30,32-34H2,1-6H3,(H,60,67)/t35-,44-,45-,48+,49-,51+,58-,62?/m0/s1. The molecule has 0 radical (unpaired) electrons. The van der Waals surface area contributed by atoms with Gasteiger partial charge in [0.25, 0.3) is 5.91 Å². The van der Waals surface area contributed by atoms with Crippen LogP contribution in [0.25, 0.3) is 33.3 Å². The second-order valence-corrected chi connectivity index (χ2v) is 23.3. The topological polar surface area (TPSA) is 158 Å². The second-order valence-electron chi connectivity index (χ2n) is 23.3. The normalized spacial score (nSPS) is 28.4. The smallest absolute Gasteiger partial charge is 0.324 e. The molecule has 4 saturated heterocycles. The van der Waals surface area contributed by atoms with Crippen LogP contribution in [-0.2, 0) is 52.8 Å². The van der Waals surface area contributed by atoms with Crippen LogP contribution in [0, 0.1) is 22.7 Å². The van der Waals surface area contributed by atoms with Crippen LogP contribution in [0.5, 0.6) is 0 Å². The molecule has 2 aromatic heterocycles. The van der Waals surface area contributed by atoms with Crippen molar-refractivity contribution < 1.29 is 33.4 Å². The predicted octanol–water partition coefficient (Wildman–Crippen LogP) is 6.85. The first-order chi connectivity index (χ1) is 35.2. The Hall–Kier alpha value is -5.64. The number of rotatable bonds is 10. The number of hydrogen-bond acceptors (Lipinski definition) is 10. The van der Waals surface area contributed by atoms with Crippen LogP contribution < -0.4 is 10.7 Å². The summed E-state index contributed by atoms with van der Waals surface area (Å²) in [5, 5.41) is 5.85. The Balaban J connectivity index is 0.926. The molecule has 2 aliphatic carbocycles. The number of esters is 1. The summed E-state index contributed by atoms with van der Waals surface area (Å²) < 4.78 is 14.4. The summed E-state index contributed by atoms with van der Waals surface area (Å²) in [6, 6.07) is 16.6. The molecule has 15 heteroatoms. The Bertz CT molecular complexity index is 2820. The highest BCUT2D eigenvalue weighted by Gasteiger charge is 2.61. The number of pyridine rings is 1. The van der Waals surface area contributed by atoms with Gasteiger partial charge in [0.2, 0.25) is 17.7 Å². The molecular formula is C58H74N8O7. The number of fused-ring (bicyclic) bond motifs is 6. The first kappa shape index (κ1) is 49.6. The number of cyclic esters (lactones) is 1. The molecule has 388 valence electrons. The molecule has 5 aliphatic heterocycles. The molecule has 8 atom stereocenters. The first-order valence-electron chi connectivity index (χ1n) is 27.3. The third-order valence-corrected chi connectivity index (χ3v) is 17.8. The van der Waals surface area contributed by atoms with Crippen LogP contribution in [-0.4, -0.2) is 136 Å². The van der Waals surface area contributed by atoms with Crippen LogP contribution in [0.15, 0.2) is 60.8 Å². The van der Waals surface area contributed by atoms with Gasteiger partial charge in [0.15, 0.2) is 0 Å². The number of amides is 4. The van der Waals surface area contributed by atoms with Crippen molar-refractivity contribution in [2.75, 3.05) is 46.9 Å². The van der Waals surface area contributed by atoms with Crippen LogP contribution in [0.4, 0.5) is 0 Å². The average molecular weight is 995 g/mol. The number of benzene rings is 2. The number of hydrazine groups is 1. The molecule has 1 spiro atoms. The van der Waals surface area contributed by atoms with Crippen molar-refractivity contribution in [2.24, 2.45) is 22.7 Å². The molecule has 2 N–H and O–H groups in total. The summed E-state index contributed by atoms with van der Waals surface area (Å²) in [4.78, 5) is 83.8. The number of nitrogens with zero attached hydrogens (tertiary/aromatic N) is 6. The van der Waals surface area contributed by atoms with E-state index in [2.05, 4.69) is 77.4 Å². The van der Waals surface area contributed by atoms with Crippen molar-refractivity contribution in [3.05, 3.63) is 77.6 Å². The quantitative estimate of drug-likeness (QED) is 0.127. The lowest BCUT2D eigenvalue weighted by Gasteiger charge is -2.37. The van der Waals surface area contributed by atoms with Crippen molar-refractivity contribution in [1.29, 1.82) is 0 Å². The number of ether oxygens (including phenoxy) is 2. The van der Waals surface area contributed by atoms with Gasteiger partial charge in [-0.2, -0.15) is 0 Å². The minimum absolute atomic E-state index is 0.0457. The summed E-state index contributed by atoms with van der Waals surface area (Å²) in [6.45, 7) is 11.0. The van der Waals surface area contributed by atoms with Crippen LogP contribution in [0.2, 0.25) is 0 Å². The highest BCUT2D eigenvalue weighted by molar-refractivity contribution is 5.97. The summed E-state index contributed by atoms with van der Waals surface area (Å²) >= 11 is 0. The van der Waals surface area contributed by atoms with E-state index in [1.165, 1.54) is 17.9 Å². The van der Waals surface area contributed by atoms with Gasteiger partial charge in [-0.05, 0) is 137 Å². The minimum atomic E-state index is -1.01. The number of carbonyl (C=O) groups excluding carboxylic acids is 5. The van der Waals surface area contributed by atoms with Gasteiger partial charge in [0.05, 0.1) is 29.5 Å². The number of likely N-dealkylation sites (N-methyl/N-ethyl adjacent to an activating group) is 1. The van der Waals surface area contributed by atoms with E-state index in [0.717, 1.165) is 75.8 Å². The lowest BCUT2D eigenvalue weighted by Crippen LogP contribution is -2.62. The Morgan fingerprint density at radius 2 is 1.73 bits per heavy atom. The number of aryl methyl sites for hydroxylation is 1. The molecule has 11 rings (SSSR count). The van der Waals surface area contributed by atoms with Crippen molar-refractivity contribution in [3.63, 3.8) is 0 Å². The molecule has 2 saturated carbocycles. The Kier molecular flexibility index (Phi) is 13.3. The number of hydrogen-bond donors (Lipinski definition) is 2. The lowest BCUT2D eigenvalue weighted by atomic mass is 9.84. The van der Waals surface area contributed by atoms with Crippen LogP contribution in [0.3, 0.4) is 0 Å². The van der Waals surface area contributed by atoms with E-state index in [0.29, 0.717) is 76.8 Å². The van der Waals surface area contributed by atoms with Gasteiger partial charge in [0, 0.05) is 80.4 Å². The Morgan fingerprint density at radius 3 is 2.49 bits per heavy atom. The number of methoxy groups -OCH3 is 1. The molecule has 4 amide bonds. The fourth-order valence-corrected chi connectivity index (χ4v) is 13.6. The SMILES string of the molecule is CCn1c(-c2cccnc2[C@H](C)OC)c2c3cc(ccc31)-c1cccc(c1)C[C@H](NC(=O)[C@H](C1CCCC1)N1CC[C@]3(CCN(C(=O)[C@H]4[C@@H](C5CC5)N4C)C3)C1=O)C(=O)N1CCC[C@H](N1)C(=O)OCC(C)(C)C2. The van der Waals surface area contributed by atoms with E-state index in [1.54, 1.807) is 7.11 Å². The zero-order valence-corrected chi connectivity index (χ0v) is 43.7. The predicted molar refractivity (Wildman–Crippen MR) is 277 cm³/mol. The first-order valence-corrected chi connectivity index (χ1v) is 27.3. The molecule has 7 heterocycles. The molecule has 6 fully saturated rings. The average Bonchev–Trinajstić information content (AvgIpc) is 4.09. The van der Waals surface area contributed by atoms with Crippen molar-refractivity contribution in [3.8, 4) is 22.4 Å². The van der Waals surface area contributed by atoms with Gasteiger partial charge in [-0.25, -0.2) is 5.43 Å². The number of carbonyl (C=O) groups is 5. The van der Waals surface area contributed by atoms with Gasteiger partial charge in [-0.1, -0.05) is 57.0 Å². The van der Waals surface area contributed by atoms with E-state index in [-0.39, 0.29) is 54.7 Å². The number of aromatic nitrogens is 2. The van der Waals surface area contributed by atoms with Gasteiger partial charge in [-0.3, -0.25) is 38.9 Å². The largest absolute Gasteiger partial charge is 0.464 e. The summed E-state index contributed by atoms with van der Waals surface area (Å²) in [6.07, 6.45) is 10.5. The molecule has 73 heavy (non-hydrogen) atoms. The van der Waals surface area contributed by atoms with Crippen LogP contribution in [0.1, 0.15) is 115 Å². The Labute approximate surface area is 429 Å². The fraction of sp³-hybridized carbons (Fsp3) is 0.586. The second kappa shape index (κ2) is 19.6. The molecule has 2 aromatic carbocycles. The highest BCUT2D eigenvalue weighted by Crippen LogP contribution is 2.49. The molecule has 4 aromatic rings. The van der Waals surface area contributed by atoms with Crippen LogP contribution >= 0.6 is 0 Å². The van der Waals surface area contributed by atoms with Crippen molar-refractivity contribution >= 4 is 40.5 Å². The molecule has 15 nitrogen and oxygen atoms in total. The molecule has 6 bridgehead atoms. The molecule has 1 unspecified atom stereocenters. The maximum atomic E-state index is 15.2. The summed E-state index contributed by atoms with van der Waals surface area (Å²) in [5.41, 5.74) is 10.0. The minimum Gasteiger partial charge on any atom is -0.464 e. The van der Waals surface area contributed by atoms with E-state index in [9.17, 15) is 14.4 Å². The zero-order chi connectivity index (χ0) is 50.9. The highest BCUT2D eigenvalue weighted by atomic mass is 16.5. The third kappa shape index (κ3) is 9.25. The molecular weight excluding hydrogens is 921 g/mol. The van der Waals surface area contributed by atoms with E-state index in [4.69, 9.17) is 14.5 Å². The van der Waals surface area contributed by atoms with E-state index in [1.807, 2.05) is 48.2 Å². The van der Waals surface area contributed by atoms with Gasteiger partial charge < -0.3 is 29.2 Å². The van der Waals surface area contributed by atoms with E-state index < -0.39 is 34.9 Å². The Morgan fingerprint density at radius 1 is 0.945 bits per heavy atom. The van der Waals surface area contributed by atoms with Crippen molar-refractivity contribution in [2.45, 2.75) is 148 Å². The van der Waals surface area contributed by atoms with E-state index >= 15 is 9.59 Å². The van der Waals surface area contributed by atoms with Gasteiger partial charge >= 0.3 is 5.97 Å². The maximum Gasteiger partial charge on any atom is 0.324 e. The number of nitrogens with one attached hydrogen (secondary N) is 2. The monoisotopic (exact) mass is 995 g/mol. The van der Waals surface area contributed by atoms with Gasteiger partial charge in [-0.15, -0.1) is 0 Å². The summed E-state index contributed by atoms with van der Waals surface area (Å²) in [7, 11) is 3.74. The van der Waals surface area contributed by atoms with Crippen molar-refractivity contribution in [1.82, 2.24) is 40.0 Å². The number of likely N-dealkylation sites (tertiary alicyclic amines) is 2. The summed E-state index contributed by atoms with van der Waals surface area (Å²) in [5.74, 6) is -0.455. The zero-order valence-electron chi connectivity index (χ0n) is 43.7. The lowest BCUT2D eigenvalue weighted by molar-refractivity contribution is -0.155. The third-order valence-electron chi connectivity index (χ3n) is 17.8. The molecule has 7 aliphatic rings.